The van der Waals surface area contributed by atoms with E-state index in [4.69, 9.17) is 5.73 Å². The Balaban J connectivity index is 1.67. The molecule has 1 heterocycles. The fraction of sp³-hybridized carbons (Fsp3) is 0.611. The summed E-state index contributed by atoms with van der Waals surface area (Å²) in [5, 5.41) is 0. The van der Waals surface area contributed by atoms with Crippen LogP contribution in [-0.2, 0) is 10.0 Å². The normalized spacial score (nSPS) is 20.5. The zero-order chi connectivity index (χ0) is 18.0. The summed E-state index contributed by atoms with van der Waals surface area (Å²) in [7, 11) is -3.56. The van der Waals surface area contributed by atoms with Gasteiger partial charge in [0.2, 0.25) is 10.0 Å². The predicted octanol–water partition coefficient (Wildman–Crippen LogP) is 1.57. The van der Waals surface area contributed by atoms with E-state index in [0.717, 1.165) is 25.7 Å². The van der Waals surface area contributed by atoms with E-state index in [-0.39, 0.29) is 16.8 Å². The van der Waals surface area contributed by atoms with Crippen molar-refractivity contribution in [1.29, 1.82) is 0 Å². The molecule has 1 aromatic carbocycles. The second-order valence-corrected chi connectivity index (χ2v) is 9.08. The van der Waals surface area contributed by atoms with E-state index in [1.54, 1.807) is 17.0 Å². The van der Waals surface area contributed by atoms with E-state index < -0.39 is 10.0 Å². The van der Waals surface area contributed by atoms with Crippen molar-refractivity contribution in [3.63, 3.8) is 0 Å². The van der Waals surface area contributed by atoms with Gasteiger partial charge in [0.25, 0.3) is 5.91 Å². The number of hydrogen-bond acceptors (Lipinski definition) is 4. The summed E-state index contributed by atoms with van der Waals surface area (Å²) < 4.78 is 27.4. The maximum Gasteiger partial charge on any atom is 0.253 e. The number of carbonyl (C=O) groups excluding carboxylic acids is 1. The van der Waals surface area contributed by atoms with E-state index >= 15 is 0 Å². The van der Waals surface area contributed by atoms with Crippen LogP contribution < -0.4 is 10.5 Å². The molecule has 1 aliphatic carbocycles. The van der Waals surface area contributed by atoms with Gasteiger partial charge in [-0.15, -0.1) is 0 Å². The fourth-order valence-corrected chi connectivity index (χ4v) is 4.40. The summed E-state index contributed by atoms with van der Waals surface area (Å²) in [4.78, 5) is 14.7. The van der Waals surface area contributed by atoms with Crippen molar-refractivity contribution in [2.75, 3.05) is 19.6 Å². The zero-order valence-electron chi connectivity index (χ0n) is 14.6. The smallest absolute Gasteiger partial charge is 0.253 e. The van der Waals surface area contributed by atoms with Crippen LogP contribution >= 0.6 is 0 Å². The zero-order valence-corrected chi connectivity index (χ0v) is 15.5. The Labute approximate surface area is 149 Å². The van der Waals surface area contributed by atoms with Gasteiger partial charge in [0.05, 0.1) is 4.90 Å². The molecule has 7 heteroatoms. The highest BCUT2D eigenvalue weighted by molar-refractivity contribution is 7.89. The molecule has 3 rings (SSSR count). The van der Waals surface area contributed by atoms with E-state index in [2.05, 4.69) is 4.72 Å². The molecule has 1 aromatic rings. The summed E-state index contributed by atoms with van der Waals surface area (Å²) in [6.07, 6.45) is 3.95. The Morgan fingerprint density at radius 2 is 1.96 bits per heavy atom. The minimum Gasteiger partial charge on any atom is -0.339 e. The molecule has 6 nitrogen and oxygen atoms in total. The molecule has 0 radical (unpaired) electrons. The summed E-state index contributed by atoms with van der Waals surface area (Å²) in [6, 6.07) is 6.47. The number of benzene rings is 1. The minimum absolute atomic E-state index is 0.109. The molecule has 1 amide bonds. The lowest BCUT2D eigenvalue weighted by Crippen LogP contribution is -2.42. The number of carbonyl (C=O) groups is 1. The number of sulfonamides is 1. The highest BCUT2D eigenvalue weighted by Gasteiger charge is 2.27. The Morgan fingerprint density at radius 3 is 2.56 bits per heavy atom. The van der Waals surface area contributed by atoms with Gasteiger partial charge in [-0.2, -0.15) is 0 Å². The highest BCUT2D eigenvalue weighted by atomic mass is 32.2. The van der Waals surface area contributed by atoms with Gasteiger partial charge in [-0.3, -0.25) is 4.79 Å². The molecule has 2 aliphatic rings. The summed E-state index contributed by atoms with van der Waals surface area (Å²) in [6.45, 7) is 3.82. The van der Waals surface area contributed by atoms with Crippen LogP contribution in [0.5, 0.6) is 0 Å². The standard InChI is InChI=1S/C18H27N3O3S/c1-13(19)15-7-9-21(10-8-15)18(22)16-3-2-4-17(11-16)25(23,24)20-12-14-5-6-14/h2-4,11,13-15,20H,5-10,12,19H2,1H3. The lowest BCUT2D eigenvalue weighted by Gasteiger charge is -2.33. The fourth-order valence-electron chi connectivity index (χ4n) is 3.24. The number of likely N-dealkylation sites (tertiary alicyclic amines) is 1. The van der Waals surface area contributed by atoms with Crippen molar-refractivity contribution < 1.29 is 13.2 Å². The topological polar surface area (TPSA) is 92.5 Å². The molecule has 25 heavy (non-hydrogen) atoms. The van der Waals surface area contributed by atoms with Crippen LogP contribution in [0.1, 0.15) is 43.0 Å². The molecular weight excluding hydrogens is 338 g/mol. The summed E-state index contributed by atoms with van der Waals surface area (Å²) in [5.41, 5.74) is 6.37. The molecule has 0 aromatic heterocycles. The van der Waals surface area contributed by atoms with Gasteiger partial charge in [-0.05, 0) is 62.6 Å². The maximum absolute atomic E-state index is 12.7. The molecule has 3 N–H and O–H groups in total. The lowest BCUT2D eigenvalue weighted by molar-refractivity contribution is 0.0680. The number of hydrogen-bond donors (Lipinski definition) is 2. The molecular formula is C18H27N3O3S. The third-order valence-electron chi connectivity index (χ3n) is 5.22. The molecule has 1 saturated heterocycles. The van der Waals surface area contributed by atoms with Gasteiger partial charge in [0.15, 0.2) is 0 Å². The third kappa shape index (κ3) is 4.59. The van der Waals surface area contributed by atoms with Crippen molar-refractivity contribution in [2.24, 2.45) is 17.6 Å². The Bertz CT molecular complexity index is 721. The maximum atomic E-state index is 12.7. The van der Waals surface area contributed by atoms with Crippen molar-refractivity contribution in [1.82, 2.24) is 9.62 Å². The first kappa shape index (κ1) is 18.4. The summed E-state index contributed by atoms with van der Waals surface area (Å²) >= 11 is 0. The van der Waals surface area contributed by atoms with Crippen LogP contribution in [0.25, 0.3) is 0 Å². The Kier molecular flexibility index (Phi) is 5.46. The van der Waals surface area contributed by atoms with Gasteiger partial charge >= 0.3 is 0 Å². The largest absolute Gasteiger partial charge is 0.339 e. The molecule has 138 valence electrons. The Hall–Kier alpha value is -1.44. The van der Waals surface area contributed by atoms with Crippen LogP contribution in [0.3, 0.4) is 0 Å². The van der Waals surface area contributed by atoms with Gasteiger partial charge in [-0.1, -0.05) is 6.07 Å². The average molecular weight is 365 g/mol. The van der Waals surface area contributed by atoms with Crippen LogP contribution in [-0.4, -0.2) is 44.9 Å². The lowest BCUT2D eigenvalue weighted by atomic mass is 9.90. The van der Waals surface area contributed by atoms with E-state index in [9.17, 15) is 13.2 Å². The molecule has 2 fully saturated rings. The molecule has 1 atom stereocenters. The van der Waals surface area contributed by atoms with Gasteiger partial charge < -0.3 is 10.6 Å². The average Bonchev–Trinajstić information content (AvgIpc) is 3.44. The van der Waals surface area contributed by atoms with Crippen LogP contribution in [0.2, 0.25) is 0 Å². The van der Waals surface area contributed by atoms with Gasteiger partial charge in [0, 0.05) is 31.2 Å². The second kappa shape index (κ2) is 7.43. The predicted molar refractivity (Wildman–Crippen MR) is 96.6 cm³/mol. The molecule has 0 spiro atoms. The van der Waals surface area contributed by atoms with Crippen molar-refractivity contribution in [2.45, 2.75) is 43.5 Å². The number of nitrogens with two attached hydrogens (primary N) is 1. The quantitative estimate of drug-likeness (QED) is 0.800. The number of amides is 1. The van der Waals surface area contributed by atoms with Crippen LogP contribution in [0, 0.1) is 11.8 Å². The van der Waals surface area contributed by atoms with Gasteiger partial charge in [0.1, 0.15) is 0 Å². The van der Waals surface area contributed by atoms with E-state index in [0.29, 0.717) is 37.0 Å². The summed E-state index contributed by atoms with van der Waals surface area (Å²) in [5.74, 6) is 0.801. The first-order chi connectivity index (χ1) is 11.9. The number of nitrogens with one attached hydrogen (secondary N) is 1. The van der Waals surface area contributed by atoms with E-state index in [1.807, 2.05) is 6.92 Å². The first-order valence-electron chi connectivity index (χ1n) is 9.01. The minimum atomic E-state index is -3.56. The van der Waals surface area contributed by atoms with Crippen molar-refractivity contribution >= 4 is 15.9 Å². The van der Waals surface area contributed by atoms with Gasteiger partial charge in [-0.25, -0.2) is 13.1 Å². The monoisotopic (exact) mass is 365 g/mol. The molecule has 0 bridgehead atoms. The molecule has 1 saturated carbocycles. The third-order valence-corrected chi connectivity index (χ3v) is 6.64. The number of piperidine rings is 1. The molecule has 1 aliphatic heterocycles. The number of rotatable bonds is 6. The molecule has 1 unspecified atom stereocenters. The van der Waals surface area contributed by atoms with Crippen LogP contribution in [0.15, 0.2) is 29.2 Å². The highest BCUT2D eigenvalue weighted by Crippen LogP contribution is 2.28. The van der Waals surface area contributed by atoms with Crippen LogP contribution in [0.4, 0.5) is 0 Å². The SMILES string of the molecule is CC(N)C1CCN(C(=O)c2cccc(S(=O)(=O)NCC3CC3)c2)CC1. The first-order valence-corrected chi connectivity index (χ1v) is 10.5. The van der Waals surface area contributed by atoms with E-state index in [1.165, 1.54) is 12.1 Å². The Morgan fingerprint density at radius 1 is 1.28 bits per heavy atom. The van der Waals surface area contributed by atoms with Crippen molar-refractivity contribution in [3.05, 3.63) is 29.8 Å². The van der Waals surface area contributed by atoms with Crippen molar-refractivity contribution in [3.8, 4) is 0 Å². The number of nitrogens with zero attached hydrogens (tertiary/aromatic N) is 1. The second-order valence-electron chi connectivity index (χ2n) is 7.31.